The second kappa shape index (κ2) is 13.7. The molecule has 0 saturated carbocycles. The number of rotatable bonds is 5. The molecule has 0 unspecified atom stereocenters. The predicted molar refractivity (Wildman–Crippen MR) is 275 cm³/mol. The Morgan fingerprint density at radius 1 is 0.364 bits per heavy atom. The molecule has 310 valence electrons. The van der Waals surface area contributed by atoms with Gasteiger partial charge in [0.2, 0.25) is 0 Å². The molecule has 10 aromatic carbocycles. The van der Waals surface area contributed by atoms with Gasteiger partial charge in [0.1, 0.15) is 0 Å². The molecule has 2 nitrogen and oxygen atoms in total. The summed E-state index contributed by atoms with van der Waals surface area (Å²) in [6.07, 6.45) is 0. The summed E-state index contributed by atoms with van der Waals surface area (Å²) < 4.78 is 2.55. The normalized spacial score (nSPS) is 14.2. The first-order valence-corrected chi connectivity index (χ1v) is 23.2. The van der Waals surface area contributed by atoms with Gasteiger partial charge in [0, 0.05) is 27.4 Å². The van der Waals surface area contributed by atoms with Gasteiger partial charge in [0.05, 0.1) is 33.5 Å². The van der Waals surface area contributed by atoms with Crippen molar-refractivity contribution >= 4 is 38.9 Å². The molecule has 1 spiro atoms. The maximum atomic E-state index is 2.55. The van der Waals surface area contributed by atoms with E-state index in [2.05, 4.69) is 254 Å². The summed E-state index contributed by atoms with van der Waals surface area (Å²) in [6.45, 7) is 4.79. The number of nitrogens with zero attached hydrogens (tertiary/aromatic N) is 2. The lowest BCUT2D eigenvalue weighted by molar-refractivity contribution is 0.661. The van der Waals surface area contributed by atoms with E-state index in [0.717, 1.165) is 11.4 Å². The minimum absolute atomic E-state index is 0.223. The Balaban J connectivity index is 1.05. The largest absolute Gasteiger partial charge is 0.310 e. The minimum Gasteiger partial charge on any atom is -0.310 e. The Hall–Kier alpha value is -8.20. The minimum atomic E-state index is -0.541. The van der Waals surface area contributed by atoms with Gasteiger partial charge < -0.3 is 9.47 Å². The standard InChI is InChI=1S/C64H44N2/c1-63(2)52-27-11-6-23-48(52)50-25-17-33-60(61(50)63)65(44-37-34-42(35-38-44)41-18-4-3-5-19-41)57-31-14-9-20-45(57)43-36-39-59-56(40-43)64(53-28-12-7-21-46(53)47-22-8-13-29-54(47)64)55-30-16-26-51-49-24-10-15-32-58(49)66(59)62(51)55/h3-40H,1-2H3. The first kappa shape index (κ1) is 37.2. The van der Waals surface area contributed by atoms with Crippen molar-refractivity contribution in [3.63, 3.8) is 0 Å². The summed E-state index contributed by atoms with van der Waals surface area (Å²) in [7, 11) is 0. The van der Waals surface area contributed by atoms with Crippen LogP contribution in [-0.2, 0) is 10.8 Å². The Kier molecular flexibility index (Phi) is 7.70. The van der Waals surface area contributed by atoms with Gasteiger partial charge in [-0.1, -0.05) is 202 Å². The molecule has 11 aromatic rings. The Morgan fingerprint density at radius 2 is 0.894 bits per heavy atom. The first-order chi connectivity index (χ1) is 32.5. The lowest BCUT2D eigenvalue weighted by Crippen LogP contribution is -2.33. The molecule has 1 aromatic heterocycles. The lowest BCUT2D eigenvalue weighted by atomic mass is 9.65. The van der Waals surface area contributed by atoms with Crippen molar-refractivity contribution in [1.29, 1.82) is 0 Å². The van der Waals surface area contributed by atoms with E-state index in [1.807, 2.05) is 0 Å². The first-order valence-electron chi connectivity index (χ1n) is 23.2. The van der Waals surface area contributed by atoms with Gasteiger partial charge in [0.25, 0.3) is 0 Å². The van der Waals surface area contributed by atoms with Crippen molar-refractivity contribution in [2.75, 3.05) is 4.90 Å². The van der Waals surface area contributed by atoms with Crippen LogP contribution < -0.4 is 4.90 Å². The molecule has 0 fully saturated rings. The summed E-state index contributed by atoms with van der Waals surface area (Å²) in [5.41, 5.74) is 24.4. The highest BCUT2D eigenvalue weighted by molar-refractivity contribution is 6.13. The molecule has 1 aliphatic heterocycles. The second-order valence-corrected chi connectivity index (χ2v) is 18.8. The van der Waals surface area contributed by atoms with Gasteiger partial charge in [-0.15, -0.1) is 0 Å². The van der Waals surface area contributed by atoms with Crippen molar-refractivity contribution in [3.8, 4) is 50.2 Å². The zero-order valence-electron chi connectivity index (χ0n) is 36.8. The van der Waals surface area contributed by atoms with Crippen LogP contribution in [0.25, 0.3) is 72.0 Å². The summed E-state index contributed by atoms with van der Waals surface area (Å²) >= 11 is 0. The van der Waals surface area contributed by atoms with Crippen molar-refractivity contribution in [1.82, 2.24) is 4.57 Å². The Labute approximate surface area is 385 Å². The number of benzene rings is 10. The SMILES string of the molecule is CC1(C)c2ccccc2-c2cccc(N(c3ccc(-c4ccccc4)cc3)c3ccccc3-c3ccc4c(c3)C3(c5ccccc5-c5ccccc53)c3cccc5c6ccccc6n-4c35)c21. The van der Waals surface area contributed by atoms with E-state index in [1.54, 1.807) is 0 Å². The van der Waals surface area contributed by atoms with Crippen LogP contribution in [-0.4, -0.2) is 4.57 Å². The van der Waals surface area contributed by atoms with E-state index >= 15 is 0 Å². The molecular weight excluding hydrogens is 797 g/mol. The molecule has 0 saturated heterocycles. The average molecular weight is 841 g/mol. The summed E-state index contributed by atoms with van der Waals surface area (Å²) in [4.78, 5) is 2.53. The van der Waals surface area contributed by atoms with Crippen LogP contribution in [0.5, 0.6) is 0 Å². The third kappa shape index (κ3) is 4.85. The highest BCUT2D eigenvalue weighted by Gasteiger charge is 2.51. The van der Waals surface area contributed by atoms with E-state index in [-0.39, 0.29) is 5.41 Å². The van der Waals surface area contributed by atoms with E-state index < -0.39 is 5.41 Å². The number of para-hydroxylation sites is 3. The molecule has 3 aliphatic rings. The highest BCUT2D eigenvalue weighted by atomic mass is 15.1. The zero-order valence-corrected chi connectivity index (χ0v) is 36.8. The summed E-state index contributed by atoms with van der Waals surface area (Å²) in [5, 5.41) is 2.57. The molecule has 14 rings (SSSR count). The fourth-order valence-corrected chi connectivity index (χ4v) is 12.5. The van der Waals surface area contributed by atoms with Crippen LogP contribution in [0, 0.1) is 0 Å². The topological polar surface area (TPSA) is 8.17 Å². The van der Waals surface area contributed by atoms with Crippen LogP contribution >= 0.6 is 0 Å². The zero-order chi connectivity index (χ0) is 43.7. The molecule has 0 radical (unpaired) electrons. The van der Waals surface area contributed by atoms with Gasteiger partial charge in [-0.25, -0.2) is 0 Å². The Bertz CT molecular complexity index is 3750. The fraction of sp³-hybridized carbons (Fsp3) is 0.0625. The highest BCUT2D eigenvalue weighted by Crippen LogP contribution is 2.62. The van der Waals surface area contributed by atoms with E-state index in [1.165, 1.54) is 111 Å². The van der Waals surface area contributed by atoms with Crippen LogP contribution in [0.1, 0.15) is 47.2 Å². The molecule has 2 aliphatic carbocycles. The summed E-state index contributed by atoms with van der Waals surface area (Å²) in [5.74, 6) is 0. The monoisotopic (exact) mass is 840 g/mol. The lowest BCUT2D eigenvalue weighted by Gasteiger charge is -2.40. The second-order valence-electron chi connectivity index (χ2n) is 18.8. The molecule has 0 atom stereocenters. The van der Waals surface area contributed by atoms with Crippen LogP contribution in [0.3, 0.4) is 0 Å². The number of hydrogen-bond donors (Lipinski definition) is 0. The van der Waals surface area contributed by atoms with Crippen LogP contribution in [0.15, 0.2) is 231 Å². The quantitative estimate of drug-likeness (QED) is 0.168. The predicted octanol–water partition coefficient (Wildman–Crippen LogP) is 16.6. The maximum Gasteiger partial charge on any atom is 0.0754 e. The van der Waals surface area contributed by atoms with Crippen molar-refractivity contribution in [3.05, 3.63) is 264 Å². The van der Waals surface area contributed by atoms with Gasteiger partial charge in [-0.05, 0) is 115 Å². The van der Waals surface area contributed by atoms with Crippen LogP contribution in [0.2, 0.25) is 0 Å². The number of anilines is 3. The van der Waals surface area contributed by atoms with E-state index in [4.69, 9.17) is 0 Å². The molecule has 0 N–H and O–H groups in total. The van der Waals surface area contributed by atoms with Gasteiger partial charge in [-0.2, -0.15) is 0 Å². The van der Waals surface area contributed by atoms with Gasteiger partial charge >= 0.3 is 0 Å². The van der Waals surface area contributed by atoms with Gasteiger partial charge in [0.15, 0.2) is 0 Å². The number of fused-ring (bicyclic) bond motifs is 15. The van der Waals surface area contributed by atoms with Crippen LogP contribution in [0.4, 0.5) is 17.1 Å². The summed E-state index contributed by atoms with van der Waals surface area (Å²) in [6, 6.07) is 86.3. The van der Waals surface area contributed by atoms with E-state index in [0.29, 0.717) is 0 Å². The third-order valence-corrected chi connectivity index (χ3v) is 15.2. The van der Waals surface area contributed by atoms with Crippen molar-refractivity contribution in [2.45, 2.75) is 24.7 Å². The smallest absolute Gasteiger partial charge is 0.0754 e. The molecule has 0 bridgehead atoms. The molecular formula is C64H44N2. The fourth-order valence-electron chi connectivity index (χ4n) is 12.5. The maximum absolute atomic E-state index is 2.55. The number of hydrogen-bond acceptors (Lipinski definition) is 1. The Morgan fingerprint density at radius 3 is 1.65 bits per heavy atom. The number of aromatic nitrogens is 1. The molecule has 2 heteroatoms. The molecule has 66 heavy (non-hydrogen) atoms. The average Bonchev–Trinajstić information content (AvgIpc) is 3.96. The van der Waals surface area contributed by atoms with Crippen molar-refractivity contribution < 1.29 is 0 Å². The van der Waals surface area contributed by atoms with Crippen molar-refractivity contribution in [2.24, 2.45) is 0 Å². The molecule has 2 heterocycles. The third-order valence-electron chi connectivity index (χ3n) is 15.2. The van der Waals surface area contributed by atoms with Gasteiger partial charge in [-0.3, -0.25) is 0 Å². The molecule has 0 amide bonds. The van der Waals surface area contributed by atoms with E-state index in [9.17, 15) is 0 Å².